The Morgan fingerprint density at radius 3 is 2.59 bits per heavy atom. The van der Waals surface area contributed by atoms with E-state index in [1.807, 2.05) is 24.9 Å². The Hall–Kier alpha value is -1.73. The summed E-state index contributed by atoms with van der Waals surface area (Å²) in [5, 5.41) is 3.43. The first-order valence-electron chi connectivity index (χ1n) is 9.51. The monoisotopic (exact) mass is 392 g/mol. The molecule has 1 aromatic carbocycles. The number of benzene rings is 1. The Labute approximate surface area is 167 Å². The lowest BCUT2D eigenvalue weighted by Crippen LogP contribution is -2.43. The molecule has 0 aliphatic carbocycles. The van der Waals surface area contributed by atoms with Crippen molar-refractivity contribution in [3.8, 4) is 0 Å². The molecule has 0 aromatic heterocycles. The third-order valence-corrected chi connectivity index (χ3v) is 5.51. The molecule has 0 unspecified atom stereocenters. The predicted molar refractivity (Wildman–Crippen MR) is 112 cm³/mol. The minimum absolute atomic E-state index is 0.00688. The molecule has 2 rings (SSSR count). The molecule has 1 saturated heterocycles. The number of hydrogen-bond acceptors (Lipinski definition) is 4. The largest absolute Gasteiger partial charge is 0.381 e. The van der Waals surface area contributed by atoms with Gasteiger partial charge < -0.3 is 19.9 Å². The van der Waals surface area contributed by atoms with Gasteiger partial charge in [-0.1, -0.05) is 18.2 Å². The first kappa shape index (κ1) is 21.6. The number of likely N-dealkylation sites (N-methyl/N-ethyl adjacent to an activating group) is 1. The van der Waals surface area contributed by atoms with Gasteiger partial charge in [-0.2, -0.15) is 0 Å². The summed E-state index contributed by atoms with van der Waals surface area (Å²) in [7, 11) is 5.56. The van der Waals surface area contributed by atoms with Crippen molar-refractivity contribution >= 4 is 23.6 Å². The minimum atomic E-state index is 0.00688. The third-order valence-electron chi connectivity index (χ3n) is 4.49. The van der Waals surface area contributed by atoms with E-state index in [-0.39, 0.29) is 12.5 Å². The van der Waals surface area contributed by atoms with E-state index in [0.717, 1.165) is 50.9 Å². The highest BCUT2D eigenvalue weighted by molar-refractivity contribution is 7.99. The van der Waals surface area contributed by atoms with Crippen LogP contribution in [-0.4, -0.2) is 81.4 Å². The number of guanidine groups is 1. The number of hydrogen-bond donors (Lipinski definition) is 1. The van der Waals surface area contributed by atoms with Gasteiger partial charge in [0, 0.05) is 58.1 Å². The lowest BCUT2D eigenvalue weighted by molar-refractivity contribution is -0.127. The fourth-order valence-corrected chi connectivity index (χ4v) is 3.64. The number of rotatable bonds is 8. The van der Waals surface area contributed by atoms with Crippen LogP contribution in [0.2, 0.25) is 0 Å². The molecular formula is C20H32N4O2S. The van der Waals surface area contributed by atoms with Crippen LogP contribution in [0.15, 0.2) is 40.2 Å². The number of nitrogens with one attached hydrogen (secondary N) is 1. The highest BCUT2D eigenvalue weighted by Crippen LogP contribution is 2.17. The second kappa shape index (κ2) is 11.9. The van der Waals surface area contributed by atoms with Crippen LogP contribution in [0.1, 0.15) is 12.8 Å². The summed E-state index contributed by atoms with van der Waals surface area (Å²) in [5.74, 6) is 2.35. The standard InChI is InChI=1S/C20H32N4O2S/c1-23(2)19(25)15-22-20(24(3)16-17-9-12-26-13-10-17)21-11-14-27-18-7-5-4-6-8-18/h4-8,17H,9-16H2,1-3H3,(H,21,22). The first-order valence-corrected chi connectivity index (χ1v) is 10.5. The van der Waals surface area contributed by atoms with Crippen LogP contribution in [0.4, 0.5) is 0 Å². The number of amides is 1. The molecule has 0 bridgehead atoms. The summed E-state index contributed by atoms with van der Waals surface area (Å²) >= 11 is 1.81. The van der Waals surface area contributed by atoms with Gasteiger partial charge >= 0.3 is 0 Å². The number of carbonyl (C=O) groups excluding carboxylic acids is 1. The molecule has 1 heterocycles. The molecule has 1 aromatic rings. The third kappa shape index (κ3) is 8.22. The fourth-order valence-electron chi connectivity index (χ4n) is 2.85. The maximum Gasteiger partial charge on any atom is 0.243 e. The van der Waals surface area contributed by atoms with Crippen LogP contribution in [-0.2, 0) is 9.53 Å². The first-order chi connectivity index (χ1) is 13.1. The van der Waals surface area contributed by atoms with E-state index < -0.39 is 0 Å². The van der Waals surface area contributed by atoms with Crippen molar-refractivity contribution in [3.63, 3.8) is 0 Å². The van der Waals surface area contributed by atoms with Crippen LogP contribution in [0.25, 0.3) is 0 Å². The Balaban J connectivity index is 1.87. The van der Waals surface area contributed by atoms with Crippen LogP contribution < -0.4 is 5.32 Å². The molecule has 0 radical (unpaired) electrons. The molecular weight excluding hydrogens is 360 g/mol. The molecule has 1 amide bonds. The zero-order valence-electron chi connectivity index (χ0n) is 16.7. The molecule has 1 fully saturated rings. The van der Waals surface area contributed by atoms with Gasteiger partial charge in [0.1, 0.15) is 6.54 Å². The maximum atomic E-state index is 11.9. The number of aliphatic imine (C=N–C) groups is 1. The van der Waals surface area contributed by atoms with Gasteiger partial charge in [-0.05, 0) is 30.9 Å². The van der Waals surface area contributed by atoms with E-state index in [9.17, 15) is 4.79 Å². The summed E-state index contributed by atoms with van der Waals surface area (Å²) in [6.07, 6.45) is 2.16. The van der Waals surface area contributed by atoms with Crippen molar-refractivity contribution in [2.45, 2.75) is 17.7 Å². The Bertz CT molecular complexity index is 589. The second-order valence-corrected chi connectivity index (χ2v) is 8.12. The number of carbonyl (C=O) groups is 1. The van der Waals surface area contributed by atoms with Crippen LogP contribution in [0.5, 0.6) is 0 Å². The summed E-state index contributed by atoms with van der Waals surface area (Å²) < 4.78 is 5.45. The van der Waals surface area contributed by atoms with Crippen LogP contribution >= 0.6 is 11.8 Å². The van der Waals surface area contributed by atoms with Gasteiger partial charge in [-0.25, -0.2) is 4.99 Å². The lowest BCUT2D eigenvalue weighted by Gasteiger charge is -2.29. The molecule has 0 atom stereocenters. The SMILES string of the molecule is CN(C)C(=O)CN=C(NCCSc1ccccc1)N(C)CC1CCOCC1. The molecule has 1 aliphatic rings. The topological polar surface area (TPSA) is 57.2 Å². The summed E-state index contributed by atoms with van der Waals surface area (Å²) in [6.45, 7) is 3.57. The van der Waals surface area contributed by atoms with Crippen molar-refractivity contribution < 1.29 is 9.53 Å². The quantitative estimate of drug-likeness (QED) is 0.318. The van der Waals surface area contributed by atoms with Crippen molar-refractivity contribution in [1.82, 2.24) is 15.1 Å². The van der Waals surface area contributed by atoms with E-state index >= 15 is 0 Å². The van der Waals surface area contributed by atoms with Gasteiger partial charge in [-0.15, -0.1) is 11.8 Å². The van der Waals surface area contributed by atoms with Crippen LogP contribution in [0, 0.1) is 5.92 Å². The van der Waals surface area contributed by atoms with Gasteiger partial charge in [0.2, 0.25) is 5.91 Å². The molecule has 27 heavy (non-hydrogen) atoms. The molecule has 150 valence electrons. The molecule has 7 heteroatoms. The predicted octanol–water partition coefficient (Wildman–Crippen LogP) is 2.17. The van der Waals surface area contributed by atoms with Gasteiger partial charge in [-0.3, -0.25) is 4.79 Å². The summed E-state index contributed by atoms with van der Waals surface area (Å²) in [4.78, 5) is 21.5. The average molecular weight is 393 g/mol. The normalized spacial score (nSPS) is 15.4. The Kier molecular flexibility index (Phi) is 9.48. The van der Waals surface area contributed by atoms with E-state index in [1.54, 1.807) is 19.0 Å². The van der Waals surface area contributed by atoms with Crippen molar-refractivity contribution in [3.05, 3.63) is 30.3 Å². The zero-order valence-corrected chi connectivity index (χ0v) is 17.5. The number of nitrogens with zero attached hydrogens (tertiary/aromatic N) is 3. The maximum absolute atomic E-state index is 11.9. The Morgan fingerprint density at radius 1 is 1.22 bits per heavy atom. The molecule has 0 saturated carbocycles. The molecule has 6 nitrogen and oxygen atoms in total. The zero-order chi connectivity index (χ0) is 19.5. The van der Waals surface area contributed by atoms with Crippen LogP contribution in [0.3, 0.4) is 0 Å². The Morgan fingerprint density at radius 2 is 1.93 bits per heavy atom. The van der Waals surface area contributed by atoms with Crippen molar-refractivity contribution in [2.75, 3.05) is 59.7 Å². The van der Waals surface area contributed by atoms with E-state index in [1.165, 1.54) is 4.90 Å². The van der Waals surface area contributed by atoms with E-state index in [2.05, 4.69) is 39.5 Å². The van der Waals surface area contributed by atoms with Crippen molar-refractivity contribution in [2.24, 2.45) is 10.9 Å². The van der Waals surface area contributed by atoms with Gasteiger partial charge in [0.15, 0.2) is 5.96 Å². The highest BCUT2D eigenvalue weighted by Gasteiger charge is 2.18. The summed E-state index contributed by atoms with van der Waals surface area (Å²) in [6, 6.07) is 10.4. The number of ether oxygens (including phenoxy) is 1. The molecule has 1 N–H and O–H groups in total. The van der Waals surface area contributed by atoms with Crippen molar-refractivity contribution in [1.29, 1.82) is 0 Å². The van der Waals surface area contributed by atoms with E-state index in [0.29, 0.717) is 5.92 Å². The fraction of sp³-hybridized carbons (Fsp3) is 0.600. The van der Waals surface area contributed by atoms with E-state index in [4.69, 9.17) is 4.74 Å². The summed E-state index contributed by atoms with van der Waals surface area (Å²) in [5.41, 5.74) is 0. The highest BCUT2D eigenvalue weighted by atomic mass is 32.2. The average Bonchev–Trinajstić information content (AvgIpc) is 2.68. The molecule has 1 aliphatic heterocycles. The lowest BCUT2D eigenvalue weighted by atomic mass is 10.00. The molecule has 0 spiro atoms. The van der Waals surface area contributed by atoms with Gasteiger partial charge in [0.25, 0.3) is 0 Å². The second-order valence-electron chi connectivity index (χ2n) is 6.95. The smallest absolute Gasteiger partial charge is 0.243 e. The van der Waals surface area contributed by atoms with Gasteiger partial charge in [0.05, 0.1) is 0 Å². The minimum Gasteiger partial charge on any atom is -0.381 e. The number of thioether (sulfide) groups is 1.